The molecule has 1 aliphatic carbocycles. The maximum absolute atomic E-state index is 5.61. The van der Waals surface area contributed by atoms with Crippen molar-refractivity contribution < 1.29 is 4.42 Å². The van der Waals surface area contributed by atoms with Gasteiger partial charge in [-0.25, -0.2) is 0 Å². The summed E-state index contributed by atoms with van der Waals surface area (Å²) in [5.74, 6) is 1.37. The Hall–Kier alpha value is -1.68. The molecule has 1 N–H and O–H groups in total. The highest BCUT2D eigenvalue weighted by Crippen LogP contribution is 2.19. The lowest BCUT2D eigenvalue weighted by Gasteiger charge is -1.98. The highest BCUT2D eigenvalue weighted by atomic mass is 16.4. The molecule has 0 atom stereocenters. The van der Waals surface area contributed by atoms with Crippen LogP contribution in [0.4, 0.5) is 0 Å². The van der Waals surface area contributed by atoms with Crippen molar-refractivity contribution in [3.8, 4) is 0 Å². The van der Waals surface area contributed by atoms with Crippen molar-refractivity contribution in [1.82, 2.24) is 15.5 Å². The molecule has 1 aromatic carbocycles. The first-order valence-corrected chi connectivity index (χ1v) is 6.40. The SMILES string of the molecule is Cc1ccc(Cc2nnc(CNC3CC3)o2)cc1. The third-order valence-corrected chi connectivity index (χ3v) is 3.10. The molecule has 0 aliphatic heterocycles. The Balaban J connectivity index is 1.60. The molecule has 0 spiro atoms. The quantitative estimate of drug-likeness (QED) is 0.874. The largest absolute Gasteiger partial charge is 0.424 e. The summed E-state index contributed by atoms with van der Waals surface area (Å²) in [6.07, 6.45) is 3.24. The first-order valence-electron chi connectivity index (χ1n) is 6.40. The second-order valence-corrected chi connectivity index (χ2v) is 4.91. The zero-order chi connectivity index (χ0) is 12.4. The smallest absolute Gasteiger partial charge is 0.230 e. The number of benzene rings is 1. The van der Waals surface area contributed by atoms with Gasteiger partial charge in [0.25, 0.3) is 0 Å². The number of nitrogens with zero attached hydrogens (tertiary/aromatic N) is 2. The summed E-state index contributed by atoms with van der Waals surface area (Å²) < 4.78 is 5.61. The van der Waals surface area contributed by atoms with Crippen LogP contribution >= 0.6 is 0 Å². The van der Waals surface area contributed by atoms with E-state index in [1.165, 1.54) is 24.0 Å². The normalized spacial score (nSPS) is 14.9. The van der Waals surface area contributed by atoms with E-state index in [9.17, 15) is 0 Å². The molecule has 0 saturated heterocycles. The topological polar surface area (TPSA) is 51.0 Å². The molecule has 4 nitrogen and oxygen atoms in total. The van der Waals surface area contributed by atoms with Gasteiger partial charge in [-0.2, -0.15) is 0 Å². The number of aromatic nitrogens is 2. The van der Waals surface area contributed by atoms with E-state index in [2.05, 4.69) is 46.7 Å². The minimum Gasteiger partial charge on any atom is -0.424 e. The molecular formula is C14H17N3O. The molecule has 0 bridgehead atoms. The molecule has 1 saturated carbocycles. The minimum atomic E-state index is 0.664. The zero-order valence-corrected chi connectivity index (χ0v) is 10.5. The van der Waals surface area contributed by atoms with Gasteiger partial charge in [-0.15, -0.1) is 10.2 Å². The van der Waals surface area contributed by atoms with Crippen LogP contribution < -0.4 is 5.32 Å². The summed E-state index contributed by atoms with van der Waals surface area (Å²) in [5, 5.41) is 11.5. The van der Waals surface area contributed by atoms with E-state index in [0.717, 1.165) is 0 Å². The highest BCUT2D eigenvalue weighted by Gasteiger charge is 2.21. The molecule has 94 valence electrons. The number of aryl methyl sites for hydroxylation is 1. The average molecular weight is 243 g/mol. The summed E-state index contributed by atoms with van der Waals surface area (Å²) in [7, 11) is 0. The van der Waals surface area contributed by atoms with Crippen LogP contribution in [0.3, 0.4) is 0 Å². The fraction of sp³-hybridized carbons (Fsp3) is 0.429. The van der Waals surface area contributed by atoms with Gasteiger partial charge in [0, 0.05) is 6.04 Å². The van der Waals surface area contributed by atoms with E-state index in [1.54, 1.807) is 0 Å². The molecule has 18 heavy (non-hydrogen) atoms. The van der Waals surface area contributed by atoms with Crippen LogP contribution in [0.5, 0.6) is 0 Å². The lowest BCUT2D eigenvalue weighted by molar-refractivity contribution is 0.438. The highest BCUT2D eigenvalue weighted by molar-refractivity contribution is 5.23. The number of rotatable bonds is 5. The van der Waals surface area contributed by atoms with E-state index in [1.807, 2.05) is 0 Å². The summed E-state index contributed by atoms with van der Waals surface area (Å²) in [6, 6.07) is 9.06. The zero-order valence-electron chi connectivity index (χ0n) is 10.5. The van der Waals surface area contributed by atoms with Crippen molar-refractivity contribution >= 4 is 0 Å². The molecule has 0 radical (unpaired) electrons. The Labute approximate surface area is 106 Å². The van der Waals surface area contributed by atoms with Crippen molar-refractivity contribution in [1.29, 1.82) is 0 Å². The Morgan fingerprint density at radius 1 is 1.17 bits per heavy atom. The lowest BCUT2D eigenvalue weighted by Crippen LogP contribution is -2.15. The van der Waals surface area contributed by atoms with E-state index in [-0.39, 0.29) is 0 Å². The van der Waals surface area contributed by atoms with Crippen molar-refractivity contribution in [3.05, 3.63) is 47.2 Å². The minimum absolute atomic E-state index is 0.664. The van der Waals surface area contributed by atoms with Gasteiger partial charge in [-0.3, -0.25) is 0 Å². The third kappa shape index (κ3) is 2.96. The van der Waals surface area contributed by atoms with Gasteiger partial charge in [-0.1, -0.05) is 29.8 Å². The third-order valence-electron chi connectivity index (χ3n) is 3.10. The molecular weight excluding hydrogens is 226 g/mol. The molecule has 1 fully saturated rings. The second kappa shape index (κ2) is 4.90. The summed E-state index contributed by atoms with van der Waals surface area (Å²) in [5.41, 5.74) is 2.46. The first-order chi connectivity index (χ1) is 8.79. The molecule has 1 aromatic heterocycles. The second-order valence-electron chi connectivity index (χ2n) is 4.91. The van der Waals surface area contributed by atoms with Crippen LogP contribution in [-0.2, 0) is 13.0 Å². The van der Waals surface area contributed by atoms with Gasteiger partial charge in [-0.05, 0) is 25.3 Å². The first kappa shape index (κ1) is 11.4. The van der Waals surface area contributed by atoms with Gasteiger partial charge in [0.05, 0.1) is 13.0 Å². The standard InChI is InChI=1S/C14H17N3O/c1-10-2-4-11(5-3-10)8-13-16-17-14(18-13)9-15-12-6-7-12/h2-5,12,15H,6-9H2,1H3. The van der Waals surface area contributed by atoms with Crippen molar-refractivity contribution in [2.75, 3.05) is 0 Å². The van der Waals surface area contributed by atoms with Crippen molar-refractivity contribution in [2.45, 2.75) is 38.8 Å². The van der Waals surface area contributed by atoms with Crippen molar-refractivity contribution in [3.63, 3.8) is 0 Å². The monoisotopic (exact) mass is 243 g/mol. The van der Waals surface area contributed by atoms with Crippen molar-refractivity contribution in [2.24, 2.45) is 0 Å². The number of nitrogens with one attached hydrogen (secondary N) is 1. The van der Waals surface area contributed by atoms with Crippen LogP contribution in [0.15, 0.2) is 28.7 Å². The molecule has 3 rings (SSSR count). The Kier molecular flexibility index (Phi) is 3.11. The average Bonchev–Trinajstić information content (AvgIpc) is 3.10. The summed E-state index contributed by atoms with van der Waals surface area (Å²) in [4.78, 5) is 0. The Bertz CT molecular complexity index is 514. The predicted octanol–water partition coefficient (Wildman–Crippen LogP) is 2.22. The van der Waals surface area contributed by atoms with Crippen LogP contribution in [0.2, 0.25) is 0 Å². The Morgan fingerprint density at radius 2 is 1.89 bits per heavy atom. The van der Waals surface area contributed by atoms with E-state index in [0.29, 0.717) is 30.8 Å². The van der Waals surface area contributed by atoms with Crippen LogP contribution in [-0.4, -0.2) is 16.2 Å². The van der Waals surface area contributed by atoms with E-state index in [4.69, 9.17) is 4.42 Å². The Morgan fingerprint density at radius 3 is 2.61 bits per heavy atom. The number of hydrogen-bond acceptors (Lipinski definition) is 4. The molecule has 1 heterocycles. The maximum atomic E-state index is 5.61. The molecule has 1 aliphatic rings. The molecule has 0 unspecified atom stereocenters. The molecule has 4 heteroatoms. The fourth-order valence-electron chi connectivity index (χ4n) is 1.83. The van der Waals surface area contributed by atoms with E-state index < -0.39 is 0 Å². The van der Waals surface area contributed by atoms with Gasteiger partial charge in [0.1, 0.15) is 0 Å². The maximum Gasteiger partial charge on any atom is 0.230 e. The van der Waals surface area contributed by atoms with Gasteiger partial charge < -0.3 is 9.73 Å². The molecule has 2 aromatic rings. The van der Waals surface area contributed by atoms with Crippen LogP contribution in [0, 0.1) is 6.92 Å². The van der Waals surface area contributed by atoms with E-state index >= 15 is 0 Å². The van der Waals surface area contributed by atoms with Gasteiger partial charge >= 0.3 is 0 Å². The summed E-state index contributed by atoms with van der Waals surface area (Å²) in [6.45, 7) is 2.77. The molecule has 0 amide bonds. The number of hydrogen-bond donors (Lipinski definition) is 1. The fourth-order valence-corrected chi connectivity index (χ4v) is 1.83. The van der Waals surface area contributed by atoms with Gasteiger partial charge in [0.2, 0.25) is 11.8 Å². The van der Waals surface area contributed by atoms with Gasteiger partial charge in [0.15, 0.2) is 0 Å². The predicted molar refractivity (Wildman–Crippen MR) is 68.1 cm³/mol. The summed E-state index contributed by atoms with van der Waals surface area (Å²) >= 11 is 0. The van der Waals surface area contributed by atoms with Crippen LogP contribution in [0.1, 0.15) is 35.7 Å². The lowest BCUT2D eigenvalue weighted by atomic mass is 10.1. The van der Waals surface area contributed by atoms with Crippen LogP contribution in [0.25, 0.3) is 0 Å².